The topological polar surface area (TPSA) is 49.9 Å². The van der Waals surface area contributed by atoms with Crippen molar-refractivity contribution in [1.29, 1.82) is 0 Å². The second-order valence-electron chi connectivity index (χ2n) is 5.20. The van der Waals surface area contributed by atoms with E-state index in [9.17, 15) is 9.59 Å². The van der Waals surface area contributed by atoms with Crippen LogP contribution in [0.4, 0.5) is 0 Å². The molecule has 8 heteroatoms. The van der Waals surface area contributed by atoms with Gasteiger partial charge in [0.25, 0.3) is 5.91 Å². The van der Waals surface area contributed by atoms with Crippen LogP contribution < -0.4 is 0 Å². The number of esters is 1. The molecule has 1 aliphatic rings. The average Bonchev–Trinajstić information content (AvgIpc) is 2.75. The molecule has 0 bridgehead atoms. The van der Waals surface area contributed by atoms with Crippen LogP contribution in [0.2, 0.25) is 0 Å². The molecule has 0 radical (unpaired) electrons. The third kappa shape index (κ3) is 5.90. The van der Waals surface area contributed by atoms with Crippen molar-refractivity contribution >= 4 is 58.7 Å². The van der Waals surface area contributed by atoms with E-state index in [4.69, 9.17) is 17.0 Å². The highest BCUT2D eigenvalue weighted by molar-refractivity contribution is 8.26. The van der Waals surface area contributed by atoms with Crippen LogP contribution in [0.25, 0.3) is 6.08 Å². The Bertz CT molecular complexity index is 635. The maximum Gasteiger partial charge on any atom is 0.326 e. The van der Waals surface area contributed by atoms with Gasteiger partial charge in [0.15, 0.2) is 0 Å². The lowest BCUT2D eigenvalue weighted by molar-refractivity contribution is -0.146. The van der Waals surface area contributed by atoms with Gasteiger partial charge in [0.2, 0.25) is 0 Å². The monoisotopic (exact) mass is 386 g/mol. The number of benzene rings is 1. The summed E-state index contributed by atoms with van der Waals surface area (Å²) in [6, 6.07) is 9.51. The first-order valence-electron chi connectivity index (χ1n) is 7.08. The number of halogens is 1. The molecule has 0 N–H and O–H groups in total. The van der Waals surface area contributed by atoms with Gasteiger partial charge in [-0.15, -0.1) is 12.4 Å². The maximum atomic E-state index is 12.4. The summed E-state index contributed by atoms with van der Waals surface area (Å²) in [5.74, 6) is -0.711. The Morgan fingerprint density at radius 2 is 2.00 bits per heavy atom. The molecule has 5 nitrogen and oxygen atoms in total. The molecule has 130 valence electrons. The summed E-state index contributed by atoms with van der Waals surface area (Å²) in [6.07, 6.45) is 1.77. The van der Waals surface area contributed by atoms with Crippen LogP contribution in [-0.4, -0.2) is 59.8 Å². The van der Waals surface area contributed by atoms with Crippen molar-refractivity contribution in [2.24, 2.45) is 0 Å². The second kappa shape index (κ2) is 9.78. The first-order chi connectivity index (χ1) is 11.0. The molecular weight excluding hydrogens is 368 g/mol. The Kier molecular flexibility index (Phi) is 8.41. The van der Waals surface area contributed by atoms with E-state index in [1.807, 2.05) is 49.3 Å². The van der Waals surface area contributed by atoms with Gasteiger partial charge < -0.3 is 9.64 Å². The van der Waals surface area contributed by atoms with Crippen molar-refractivity contribution in [2.45, 2.75) is 0 Å². The first-order valence-corrected chi connectivity index (χ1v) is 8.30. The van der Waals surface area contributed by atoms with Crippen LogP contribution >= 0.6 is 36.4 Å². The fourth-order valence-corrected chi connectivity index (χ4v) is 3.11. The summed E-state index contributed by atoms with van der Waals surface area (Å²) in [5.41, 5.74) is 0.918. The van der Waals surface area contributed by atoms with Crippen molar-refractivity contribution in [3.05, 3.63) is 40.8 Å². The number of hydrogen-bond acceptors (Lipinski definition) is 6. The van der Waals surface area contributed by atoms with Crippen LogP contribution in [-0.2, 0) is 14.3 Å². The van der Waals surface area contributed by atoms with Crippen LogP contribution in [0.15, 0.2) is 35.2 Å². The zero-order valence-electron chi connectivity index (χ0n) is 13.4. The third-order valence-corrected chi connectivity index (χ3v) is 4.44. The van der Waals surface area contributed by atoms with Gasteiger partial charge in [-0.25, -0.2) is 0 Å². The molecule has 1 amide bonds. The quantitative estimate of drug-likeness (QED) is 0.425. The smallest absolute Gasteiger partial charge is 0.326 e. The maximum absolute atomic E-state index is 12.4. The molecule has 0 unspecified atom stereocenters. The molecular formula is C16H19ClN2O3S2. The SMILES string of the molecule is CN(C)CCOC(=O)CN1C(=O)C(=Cc2ccccc2)SC1=S.Cl. The predicted molar refractivity (Wildman–Crippen MR) is 103 cm³/mol. The molecule has 0 atom stereocenters. The van der Waals surface area contributed by atoms with Crippen LogP contribution in [0.1, 0.15) is 5.56 Å². The number of carbonyl (C=O) groups excluding carboxylic acids is 2. The van der Waals surface area contributed by atoms with Gasteiger partial charge in [-0.2, -0.15) is 0 Å². The Balaban J connectivity index is 0.00000288. The van der Waals surface area contributed by atoms with Crippen molar-refractivity contribution in [2.75, 3.05) is 33.8 Å². The van der Waals surface area contributed by atoms with Gasteiger partial charge >= 0.3 is 5.97 Å². The molecule has 2 rings (SSSR count). The normalized spacial score (nSPS) is 15.8. The van der Waals surface area contributed by atoms with Crippen molar-refractivity contribution in [3.63, 3.8) is 0 Å². The van der Waals surface area contributed by atoms with Gasteiger partial charge in [-0.1, -0.05) is 54.3 Å². The molecule has 0 aromatic heterocycles. The van der Waals surface area contributed by atoms with Gasteiger partial charge in [0.1, 0.15) is 17.5 Å². The Morgan fingerprint density at radius 1 is 1.33 bits per heavy atom. The first kappa shape index (κ1) is 20.6. The minimum atomic E-state index is -0.455. The Labute approximate surface area is 157 Å². The zero-order valence-corrected chi connectivity index (χ0v) is 15.9. The summed E-state index contributed by atoms with van der Waals surface area (Å²) in [5, 5.41) is 0. The number of ether oxygens (including phenoxy) is 1. The number of thiocarbonyl (C=S) groups is 1. The highest BCUT2D eigenvalue weighted by Gasteiger charge is 2.33. The molecule has 1 aromatic rings. The summed E-state index contributed by atoms with van der Waals surface area (Å²) in [4.78, 5) is 27.9. The lowest BCUT2D eigenvalue weighted by atomic mass is 10.2. The summed E-state index contributed by atoms with van der Waals surface area (Å²) >= 11 is 6.39. The number of hydrogen-bond donors (Lipinski definition) is 0. The second-order valence-corrected chi connectivity index (χ2v) is 6.88. The minimum Gasteiger partial charge on any atom is -0.463 e. The minimum absolute atomic E-state index is 0. The molecule has 1 aromatic carbocycles. The lowest BCUT2D eigenvalue weighted by Crippen LogP contribution is -2.35. The molecule has 1 fully saturated rings. The fourth-order valence-electron chi connectivity index (χ4n) is 1.85. The van der Waals surface area contributed by atoms with Crippen molar-refractivity contribution in [1.82, 2.24) is 9.80 Å². The molecule has 24 heavy (non-hydrogen) atoms. The van der Waals surface area contributed by atoms with E-state index in [0.29, 0.717) is 22.4 Å². The summed E-state index contributed by atoms with van der Waals surface area (Å²) < 4.78 is 5.48. The number of likely N-dealkylation sites (N-methyl/N-ethyl adjacent to an activating group) is 1. The lowest BCUT2D eigenvalue weighted by Gasteiger charge is -2.14. The van der Waals surface area contributed by atoms with E-state index >= 15 is 0 Å². The fraction of sp³-hybridized carbons (Fsp3) is 0.312. The molecule has 1 saturated heterocycles. The molecule has 0 aliphatic carbocycles. The van der Waals surface area contributed by atoms with Gasteiger partial charge in [-0.3, -0.25) is 14.5 Å². The van der Waals surface area contributed by atoms with Gasteiger partial charge in [0.05, 0.1) is 4.91 Å². The van der Waals surface area contributed by atoms with Crippen LogP contribution in [0, 0.1) is 0 Å². The number of carbonyl (C=O) groups is 2. The predicted octanol–water partition coefficient (Wildman–Crippen LogP) is 2.41. The number of thioether (sulfide) groups is 1. The largest absolute Gasteiger partial charge is 0.463 e. The molecule has 0 saturated carbocycles. The van der Waals surface area contributed by atoms with Crippen LogP contribution in [0.3, 0.4) is 0 Å². The average molecular weight is 387 g/mol. The Morgan fingerprint density at radius 3 is 2.62 bits per heavy atom. The van der Waals surface area contributed by atoms with E-state index in [0.717, 1.165) is 5.56 Å². The van der Waals surface area contributed by atoms with E-state index < -0.39 is 5.97 Å². The third-order valence-electron chi connectivity index (χ3n) is 3.06. The highest BCUT2D eigenvalue weighted by atomic mass is 35.5. The van der Waals surface area contributed by atoms with E-state index in [-0.39, 0.29) is 24.9 Å². The summed E-state index contributed by atoms with van der Waals surface area (Å²) in [6.45, 7) is 0.781. The van der Waals surface area contributed by atoms with E-state index in [1.54, 1.807) is 6.08 Å². The van der Waals surface area contributed by atoms with E-state index in [2.05, 4.69) is 0 Å². The number of amides is 1. The Hall–Kier alpha value is -1.41. The number of rotatable bonds is 6. The van der Waals surface area contributed by atoms with E-state index in [1.165, 1.54) is 16.7 Å². The molecule has 0 spiro atoms. The standard InChI is InChI=1S/C16H18N2O3S2.ClH/c1-17(2)8-9-21-14(19)11-18-15(20)13(23-16(18)22)10-12-6-4-3-5-7-12;/h3-7,10H,8-9,11H2,1-2H3;1H. The van der Waals surface area contributed by atoms with Crippen molar-refractivity contribution < 1.29 is 14.3 Å². The molecule has 1 aliphatic heterocycles. The van der Waals surface area contributed by atoms with Gasteiger partial charge in [-0.05, 0) is 25.7 Å². The molecule has 1 heterocycles. The number of nitrogens with zero attached hydrogens (tertiary/aromatic N) is 2. The van der Waals surface area contributed by atoms with Crippen LogP contribution in [0.5, 0.6) is 0 Å². The van der Waals surface area contributed by atoms with Gasteiger partial charge in [0, 0.05) is 6.54 Å². The summed E-state index contributed by atoms with van der Waals surface area (Å²) in [7, 11) is 3.79. The highest BCUT2D eigenvalue weighted by Crippen LogP contribution is 2.32. The zero-order chi connectivity index (χ0) is 16.8. The van der Waals surface area contributed by atoms with Crippen molar-refractivity contribution in [3.8, 4) is 0 Å².